The number of aromatic nitrogens is 1. The SMILES string of the molecule is COc1ccc(OCC(=O)Nc2ccccc2C(=O)Nc2ccccn2)cc1. The Kier molecular flexibility index (Phi) is 6.20. The molecular weight excluding hydrogens is 358 g/mol. The molecule has 1 aromatic heterocycles. The van der Waals surface area contributed by atoms with Crippen LogP contribution in [0.4, 0.5) is 11.5 Å². The number of hydrogen-bond acceptors (Lipinski definition) is 5. The van der Waals surface area contributed by atoms with Crippen molar-refractivity contribution in [3.8, 4) is 11.5 Å². The number of methoxy groups -OCH3 is 1. The monoisotopic (exact) mass is 377 g/mol. The predicted molar refractivity (Wildman–Crippen MR) is 106 cm³/mol. The van der Waals surface area contributed by atoms with E-state index in [2.05, 4.69) is 15.6 Å². The molecule has 7 heteroatoms. The number of pyridine rings is 1. The van der Waals surface area contributed by atoms with Crippen molar-refractivity contribution in [3.63, 3.8) is 0 Å². The lowest BCUT2D eigenvalue weighted by molar-refractivity contribution is -0.118. The van der Waals surface area contributed by atoms with E-state index >= 15 is 0 Å². The van der Waals surface area contributed by atoms with Gasteiger partial charge in [-0.05, 0) is 48.5 Å². The molecule has 2 aromatic carbocycles. The zero-order valence-electron chi connectivity index (χ0n) is 15.2. The summed E-state index contributed by atoms with van der Waals surface area (Å²) in [6.07, 6.45) is 1.58. The van der Waals surface area contributed by atoms with Crippen molar-refractivity contribution in [2.24, 2.45) is 0 Å². The van der Waals surface area contributed by atoms with Crippen molar-refractivity contribution in [1.82, 2.24) is 4.98 Å². The molecule has 0 unspecified atom stereocenters. The Morgan fingerprint density at radius 2 is 1.61 bits per heavy atom. The van der Waals surface area contributed by atoms with E-state index in [4.69, 9.17) is 9.47 Å². The van der Waals surface area contributed by atoms with Crippen LogP contribution < -0.4 is 20.1 Å². The van der Waals surface area contributed by atoms with Crippen LogP contribution in [0.15, 0.2) is 72.9 Å². The molecule has 3 rings (SSSR count). The maximum absolute atomic E-state index is 12.5. The third kappa shape index (κ3) is 5.07. The van der Waals surface area contributed by atoms with Crippen molar-refractivity contribution in [2.45, 2.75) is 0 Å². The van der Waals surface area contributed by atoms with Crippen LogP contribution in [0, 0.1) is 0 Å². The molecule has 0 saturated heterocycles. The topological polar surface area (TPSA) is 89.5 Å². The fraction of sp³-hybridized carbons (Fsp3) is 0.0952. The largest absolute Gasteiger partial charge is 0.497 e. The summed E-state index contributed by atoms with van der Waals surface area (Å²) in [6, 6.07) is 18.8. The number of para-hydroxylation sites is 1. The average molecular weight is 377 g/mol. The third-order valence-electron chi connectivity index (χ3n) is 3.78. The van der Waals surface area contributed by atoms with Crippen LogP contribution in [0.3, 0.4) is 0 Å². The zero-order valence-corrected chi connectivity index (χ0v) is 15.2. The first-order chi connectivity index (χ1) is 13.7. The van der Waals surface area contributed by atoms with Crippen molar-refractivity contribution in [1.29, 1.82) is 0 Å². The maximum atomic E-state index is 12.5. The number of rotatable bonds is 7. The number of nitrogens with one attached hydrogen (secondary N) is 2. The van der Waals surface area contributed by atoms with Crippen molar-refractivity contribution in [2.75, 3.05) is 24.4 Å². The molecule has 0 aliphatic heterocycles. The average Bonchev–Trinajstić information content (AvgIpc) is 2.73. The van der Waals surface area contributed by atoms with Gasteiger partial charge in [-0.2, -0.15) is 0 Å². The van der Waals surface area contributed by atoms with Gasteiger partial charge >= 0.3 is 0 Å². The summed E-state index contributed by atoms with van der Waals surface area (Å²) in [7, 11) is 1.57. The summed E-state index contributed by atoms with van der Waals surface area (Å²) < 4.78 is 10.5. The first-order valence-corrected chi connectivity index (χ1v) is 8.54. The maximum Gasteiger partial charge on any atom is 0.262 e. The number of carbonyl (C=O) groups is 2. The van der Waals surface area contributed by atoms with Crippen molar-refractivity contribution < 1.29 is 19.1 Å². The van der Waals surface area contributed by atoms with Gasteiger partial charge in [0.2, 0.25) is 0 Å². The Bertz CT molecular complexity index is 943. The molecule has 142 valence electrons. The number of hydrogen-bond donors (Lipinski definition) is 2. The molecule has 28 heavy (non-hydrogen) atoms. The highest BCUT2D eigenvalue weighted by molar-refractivity contribution is 6.09. The number of amides is 2. The molecule has 0 saturated carbocycles. The van der Waals surface area contributed by atoms with Gasteiger partial charge in [-0.25, -0.2) is 4.98 Å². The van der Waals surface area contributed by atoms with Crippen LogP contribution in [0.25, 0.3) is 0 Å². The highest BCUT2D eigenvalue weighted by Gasteiger charge is 2.14. The van der Waals surface area contributed by atoms with Crippen molar-refractivity contribution in [3.05, 3.63) is 78.5 Å². The van der Waals surface area contributed by atoms with Gasteiger partial charge < -0.3 is 20.1 Å². The van der Waals surface area contributed by atoms with Crippen LogP contribution in [-0.4, -0.2) is 30.5 Å². The number of nitrogens with zero attached hydrogens (tertiary/aromatic N) is 1. The van der Waals surface area contributed by atoms with Crippen molar-refractivity contribution >= 4 is 23.3 Å². The number of anilines is 2. The fourth-order valence-corrected chi connectivity index (χ4v) is 2.42. The Morgan fingerprint density at radius 3 is 2.32 bits per heavy atom. The Hall–Kier alpha value is -3.87. The Morgan fingerprint density at radius 1 is 0.893 bits per heavy atom. The standard InChI is InChI=1S/C21H19N3O4/c1-27-15-9-11-16(12-10-15)28-14-20(25)23-18-7-3-2-6-17(18)21(26)24-19-8-4-5-13-22-19/h2-13H,14H2,1H3,(H,23,25)(H,22,24,26). The highest BCUT2D eigenvalue weighted by Crippen LogP contribution is 2.18. The van der Waals surface area contributed by atoms with Gasteiger partial charge in [0.05, 0.1) is 18.4 Å². The van der Waals surface area contributed by atoms with E-state index in [1.54, 1.807) is 80.0 Å². The summed E-state index contributed by atoms with van der Waals surface area (Å²) in [5, 5.41) is 5.40. The van der Waals surface area contributed by atoms with E-state index in [0.29, 0.717) is 28.6 Å². The minimum absolute atomic E-state index is 0.192. The van der Waals surface area contributed by atoms with Gasteiger partial charge in [0.15, 0.2) is 6.61 Å². The molecule has 0 bridgehead atoms. The van der Waals surface area contributed by atoms with Crippen LogP contribution in [-0.2, 0) is 4.79 Å². The van der Waals surface area contributed by atoms with Gasteiger partial charge in [0, 0.05) is 6.20 Å². The lowest BCUT2D eigenvalue weighted by Gasteiger charge is -2.12. The van der Waals surface area contributed by atoms with E-state index < -0.39 is 0 Å². The number of ether oxygens (including phenoxy) is 2. The molecule has 0 radical (unpaired) electrons. The van der Waals surface area contributed by atoms with E-state index in [1.165, 1.54) is 0 Å². The zero-order chi connectivity index (χ0) is 19.8. The van der Waals surface area contributed by atoms with E-state index in [1.807, 2.05) is 0 Å². The Labute approximate surface area is 162 Å². The van der Waals surface area contributed by atoms with Crippen LogP contribution in [0.5, 0.6) is 11.5 Å². The first kappa shape index (κ1) is 18.9. The number of benzene rings is 2. The van der Waals surface area contributed by atoms with E-state index in [9.17, 15) is 9.59 Å². The van der Waals surface area contributed by atoms with Crippen LogP contribution in [0.2, 0.25) is 0 Å². The highest BCUT2D eigenvalue weighted by atomic mass is 16.5. The van der Waals surface area contributed by atoms with Crippen LogP contribution in [0.1, 0.15) is 10.4 Å². The minimum atomic E-state index is -0.381. The summed E-state index contributed by atoms with van der Waals surface area (Å²) in [4.78, 5) is 28.8. The molecule has 1 heterocycles. The second-order valence-corrected chi connectivity index (χ2v) is 5.73. The lowest BCUT2D eigenvalue weighted by Crippen LogP contribution is -2.23. The fourth-order valence-electron chi connectivity index (χ4n) is 2.42. The quantitative estimate of drug-likeness (QED) is 0.659. The summed E-state index contributed by atoms with van der Waals surface area (Å²) in [5.41, 5.74) is 0.713. The predicted octanol–water partition coefficient (Wildman–Crippen LogP) is 3.36. The second kappa shape index (κ2) is 9.18. The number of carbonyl (C=O) groups excluding carboxylic acids is 2. The summed E-state index contributed by atoms with van der Waals surface area (Å²) in [6.45, 7) is -0.192. The second-order valence-electron chi connectivity index (χ2n) is 5.73. The molecule has 0 fully saturated rings. The summed E-state index contributed by atoms with van der Waals surface area (Å²) >= 11 is 0. The van der Waals surface area contributed by atoms with E-state index in [-0.39, 0.29) is 18.4 Å². The van der Waals surface area contributed by atoms with Gasteiger partial charge in [-0.1, -0.05) is 18.2 Å². The molecule has 2 amide bonds. The smallest absolute Gasteiger partial charge is 0.262 e. The molecule has 0 atom stereocenters. The molecular formula is C21H19N3O4. The molecule has 0 aliphatic carbocycles. The molecule has 0 spiro atoms. The van der Waals surface area contributed by atoms with Gasteiger partial charge in [0.25, 0.3) is 11.8 Å². The molecule has 3 aromatic rings. The van der Waals surface area contributed by atoms with Gasteiger partial charge in [0.1, 0.15) is 17.3 Å². The lowest BCUT2D eigenvalue weighted by atomic mass is 10.1. The van der Waals surface area contributed by atoms with Gasteiger partial charge in [-0.15, -0.1) is 0 Å². The minimum Gasteiger partial charge on any atom is -0.497 e. The summed E-state index contributed by atoms with van der Waals surface area (Å²) in [5.74, 6) is 0.915. The Balaban J connectivity index is 1.62. The molecule has 2 N–H and O–H groups in total. The normalized spacial score (nSPS) is 10.0. The third-order valence-corrected chi connectivity index (χ3v) is 3.78. The molecule has 0 aliphatic rings. The van der Waals surface area contributed by atoms with E-state index in [0.717, 1.165) is 0 Å². The van der Waals surface area contributed by atoms with Crippen LogP contribution >= 0.6 is 0 Å². The first-order valence-electron chi connectivity index (χ1n) is 8.54. The molecule has 7 nitrogen and oxygen atoms in total. The van der Waals surface area contributed by atoms with Gasteiger partial charge in [-0.3, -0.25) is 9.59 Å².